The minimum absolute atomic E-state index is 0.00830. The third-order valence-corrected chi connectivity index (χ3v) is 4.41. The first-order valence-electron chi connectivity index (χ1n) is 6.72. The Kier molecular flexibility index (Phi) is 3.85. The summed E-state index contributed by atoms with van der Waals surface area (Å²) in [6.07, 6.45) is -1.48. The molecule has 0 aliphatic rings. The minimum Gasteiger partial charge on any atom is -0.361 e. The Bertz CT molecular complexity index is 866. The lowest BCUT2D eigenvalue weighted by Crippen LogP contribution is -2.22. The van der Waals surface area contributed by atoms with Crippen molar-refractivity contribution in [3.8, 4) is 0 Å². The van der Waals surface area contributed by atoms with Crippen LogP contribution in [0.4, 0.5) is 13.2 Å². The first kappa shape index (κ1) is 15.5. The number of aromatic amines is 1. The third kappa shape index (κ3) is 3.21. The van der Waals surface area contributed by atoms with Crippen molar-refractivity contribution in [3.05, 3.63) is 51.6 Å². The number of thiazole rings is 1. The molecule has 0 aliphatic carbocycles. The van der Waals surface area contributed by atoms with Crippen LogP contribution in [0.3, 0.4) is 0 Å². The van der Waals surface area contributed by atoms with E-state index in [9.17, 15) is 18.0 Å². The van der Waals surface area contributed by atoms with E-state index in [1.54, 1.807) is 12.1 Å². The Labute approximate surface area is 133 Å². The number of fused-ring (bicyclic) bond motifs is 1. The quantitative estimate of drug-likeness (QED) is 0.761. The molecule has 1 amide bonds. The van der Waals surface area contributed by atoms with Gasteiger partial charge in [0.2, 0.25) is 0 Å². The van der Waals surface area contributed by atoms with E-state index in [1.165, 1.54) is 0 Å². The largest absolute Gasteiger partial charge is 0.443 e. The van der Waals surface area contributed by atoms with Crippen molar-refractivity contribution in [1.82, 2.24) is 15.3 Å². The van der Waals surface area contributed by atoms with Gasteiger partial charge in [0.05, 0.1) is 6.54 Å². The van der Waals surface area contributed by atoms with E-state index in [4.69, 9.17) is 0 Å². The van der Waals surface area contributed by atoms with Gasteiger partial charge in [-0.15, -0.1) is 11.3 Å². The minimum atomic E-state index is -4.45. The molecular formula is C15H12F3N3OS. The lowest BCUT2D eigenvalue weighted by Gasteiger charge is -2.04. The Morgan fingerprint density at radius 3 is 2.87 bits per heavy atom. The highest BCUT2D eigenvalue weighted by atomic mass is 32.1. The third-order valence-electron chi connectivity index (χ3n) is 3.37. The predicted molar refractivity (Wildman–Crippen MR) is 81.3 cm³/mol. The maximum atomic E-state index is 12.5. The fourth-order valence-corrected chi connectivity index (χ4v) is 2.92. The molecule has 0 fully saturated rings. The molecular weight excluding hydrogens is 327 g/mol. The number of benzene rings is 1. The number of rotatable bonds is 3. The number of aryl methyl sites for hydroxylation is 1. The van der Waals surface area contributed by atoms with Gasteiger partial charge in [0.15, 0.2) is 5.01 Å². The molecule has 4 nitrogen and oxygen atoms in total. The molecule has 120 valence electrons. The fraction of sp³-hybridized carbons (Fsp3) is 0.200. The van der Waals surface area contributed by atoms with Crippen LogP contribution in [-0.4, -0.2) is 15.9 Å². The molecule has 0 atom stereocenters. The number of H-pyrrole nitrogens is 1. The molecule has 0 unspecified atom stereocenters. The van der Waals surface area contributed by atoms with E-state index in [2.05, 4.69) is 15.3 Å². The van der Waals surface area contributed by atoms with Crippen LogP contribution in [0.1, 0.15) is 25.8 Å². The highest BCUT2D eigenvalue weighted by Gasteiger charge is 2.34. The molecule has 0 saturated carbocycles. The number of hydrogen-bond acceptors (Lipinski definition) is 3. The molecule has 23 heavy (non-hydrogen) atoms. The normalized spacial score (nSPS) is 11.8. The van der Waals surface area contributed by atoms with Crippen LogP contribution in [0.15, 0.2) is 30.6 Å². The topological polar surface area (TPSA) is 57.8 Å². The molecule has 0 saturated heterocycles. The van der Waals surface area contributed by atoms with Crippen molar-refractivity contribution >= 4 is 28.1 Å². The second kappa shape index (κ2) is 5.69. The standard InChI is InChI=1S/C15H12F3N3OS/c1-8-5-19-12-4-9(2-3-11(8)12)13(22)20-6-10-7-21-14(23-10)15(16,17)18/h2-5,7,19H,6H2,1H3,(H,20,22). The van der Waals surface area contributed by atoms with Gasteiger partial charge in [0.1, 0.15) is 0 Å². The van der Waals surface area contributed by atoms with Crippen LogP contribution in [0, 0.1) is 6.92 Å². The van der Waals surface area contributed by atoms with Gasteiger partial charge in [-0.25, -0.2) is 4.98 Å². The number of amides is 1. The Morgan fingerprint density at radius 2 is 2.17 bits per heavy atom. The van der Waals surface area contributed by atoms with Gasteiger partial charge in [-0.1, -0.05) is 6.07 Å². The number of aromatic nitrogens is 2. The summed E-state index contributed by atoms with van der Waals surface area (Å²) in [5.41, 5.74) is 2.36. The first-order chi connectivity index (χ1) is 10.8. The van der Waals surface area contributed by atoms with Crippen molar-refractivity contribution in [3.63, 3.8) is 0 Å². The lowest BCUT2D eigenvalue weighted by atomic mass is 10.1. The van der Waals surface area contributed by atoms with Crippen molar-refractivity contribution in [1.29, 1.82) is 0 Å². The summed E-state index contributed by atoms with van der Waals surface area (Å²) in [6.45, 7) is 1.97. The van der Waals surface area contributed by atoms with Gasteiger partial charge in [-0.05, 0) is 24.6 Å². The summed E-state index contributed by atoms with van der Waals surface area (Å²) in [5.74, 6) is -0.346. The van der Waals surface area contributed by atoms with Gasteiger partial charge in [0, 0.05) is 33.7 Å². The Morgan fingerprint density at radius 1 is 1.39 bits per heavy atom. The van der Waals surface area contributed by atoms with E-state index in [0.29, 0.717) is 21.8 Å². The fourth-order valence-electron chi connectivity index (χ4n) is 2.20. The van der Waals surface area contributed by atoms with Crippen molar-refractivity contribution < 1.29 is 18.0 Å². The average Bonchev–Trinajstić information content (AvgIpc) is 3.11. The average molecular weight is 339 g/mol. The first-order valence-corrected chi connectivity index (χ1v) is 7.54. The maximum absolute atomic E-state index is 12.5. The molecule has 8 heteroatoms. The van der Waals surface area contributed by atoms with Gasteiger partial charge in [-0.2, -0.15) is 13.2 Å². The number of carbonyl (C=O) groups excluding carboxylic acids is 1. The highest BCUT2D eigenvalue weighted by molar-refractivity contribution is 7.11. The number of carbonyl (C=O) groups is 1. The van der Waals surface area contributed by atoms with Crippen molar-refractivity contribution in [2.75, 3.05) is 0 Å². The van der Waals surface area contributed by atoms with E-state index in [1.807, 2.05) is 19.2 Å². The molecule has 0 radical (unpaired) electrons. The smallest absolute Gasteiger partial charge is 0.361 e. The van der Waals surface area contributed by atoms with E-state index < -0.39 is 11.2 Å². The van der Waals surface area contributed by atoms with Gasteiger partial charge >= 0.3 is 6.18 Å². The van der Waals surface area contributed by atoms with E-state index in [0.717, 1.165) is 22.7 Å². The number of halogens is 3. The molecule has 0 bridgehead atoms. The van der Waals surface area contributed by atoms with Gasteiger partial charge < -0.3 is 10.3 Å². The van der Waals surface area contributed by atoms with Crippen LogP contribution < -0.4 is 5.32 Å². The molecule has 0 spiro atoms. The summed E-state index contributed by atoms with van der Waals surface area (Å²) in [6, 6.07) is 5.24. The summed E-state index contributed by atoms with van der Waals surface area (Å²) < 4.78 is 37.4. The van der Waals surface area contributed by atoms with Crippen LogP contribution in [0.2, 0.25) is 0 Å². The monoisotopic (exact) mass is 339 g/mol. The molecule has 3 rings (SSSR count). The SMILES string of the molecule is Cc1c[nH]c2cc(C(=O)NCc3cnc(C(F)(F)F)s3)ccc12. The molecule has 3 aromatic rings. The number of alkyl halides is 3. The molecule has 2 aromatic heterocycles. The van der Waals surface area contributed by atoms with Gasteiger partial charge in [0.25, 0.3) is 5.91 Å². The highest BCUT2D eigenvalue weighted by Crippen LogP contribution is 2.32. The zero-order chi connectivity index (χ0) is 16.6. The Balaban J connectivity index is 1.69. The zero-order valence-electron chi connectivity index (χ0n) is 12.0. The molecule has 2 heterocycles. The number of nitrogens with one attached hydrogen (secondary N) is 2. The molecule has 0 aliphatic heterocycles. The van der Waals surface area contributed by atoms with Crippen molar-refractivity contribution in [2.45, 2.75) is 19.6 Å². The summed E-state index contributed by atoms with van der Waals surface area (Å²) in [4.78, 5) is 18.8. The lowest BCUT2D eigenvalue weighted by molar-refractivity contribution is -0.137. The summed E-state index contributed by atoms with van der Waals surface area (Å²) >= 11 is 0.526. The maximum Gasteiger partial charge on any atom is 0.443 e. The van der Waals surface area contributed by atoms with Crippen LogP contribution in [-0.2, 0) is 12.7 Å². The summed E-state index contributed by atoms with van der Waals surface area (Å²) in [5, 5.41) is 2.72. The van der Waals surface area contributed by atoms with E-state index in [-0.39, 0.29) is 12.5 Å². The van der Waals surface area contributed by atoms with Crippen LogP contribution in [0.5, 0.6) is 0 Å². The zero-order valence-corrected chi connectivity index (χ0v) is 12.8. The summed E-state index contributed by atoms with van der Waals surface area (Å²) in [7, 11) is 0. The Hall–Kier alpha value is -2.35. The predicted octanol–water partition coefficient (Wildman–Crippen LogP) is 3.88. The van der Waals surface area contributed by atoms with Crippen LogP contribution in [0.25, 0.3) is 10.9 Å². The second-order valence-corrected chi connectivity index (χ2v) is 6.16. The molecule has 2 N–H and O–H groups in total. The van der Waals surface area contributed by atoms with Crippen LogP contribution >= 0.6 is 11.3 Å². The number of hydrogen-bond donors (Lipinski definition) is 2. The second-order valence-electron chi connectivity index (χ2n) is 5.04. The van der Waals surface area contributed by atoms with Gasteiger partial charge in [-0.3, -0.25) is 4.79 Å². The molecule has 1 aromatic carbocycles. The van der Waals surface area contributed by atoms with Crippen molar-refractivity contribution in [2.24, 2.45) is 0 Å². The van der Waals surface area contributed by atoms with E-state index >= 15 is 0 Å². The number of nitrogens with zero attached hydrogens (tertiary/aromatic N) is 1.